The van der Waals surface area contributed by atoms with E-state index >= 15 is 0 Å². The molecule has 3 aromatic rings. The predicted octanol–water partition coefficient (Wildman–Crippen LogP) is 2.52. The summed E-state index contributed by atoms with van der Waals surface area (Å²) >= 11 is 0. The van der Waals surface area contributed by atoms with Gasteiger partial charge in [-0.25, -0.2) is 5.54 Å². The van der Waals surface area contributed by atoms with Crippen LogP contribution in [0.3, 0.4) is 0 Å². The molecule has 0 bridgehead atoms. The van der Waals surface area contributed by atoms with E-state index in [0.717, 1.165) is 54.6 Å². The molecule has 3 heterocycles. The monoisotopic (exact) mass is 436 g/mol. The van der Waals surface area contributed by atoms with Crippen molar-refractivity contribution in [2.24, 2.45) is 5.73 Å². The zero-order valence-corrected chi connectivity index (χ0v) is 17.6. The van der Waals surface area contributed by atoms with Gasteiger partial charge >= 0.3 is 0 Å². The van der Waals surface area contributed by atoms with Crippen molar-refractivity contribution >= 4 is 28.3 Å². The molecule has 1 saturated carbocycles. The van der Waals surface area contributed by atoms with Crippen molar-refractivity contribution in [3.63, 3.8) is 0 Å². The lowest BCUT2D eigenvalue weighted by molar-refractivity contribution is 0.100. The average molecular weight is 436 g/mol. The molecule has 2 fully saturated rings. The molecule has 0 unspecified atom stereocenters. The third-order valence-corrected chi connectivity index (χ3v) is 6.30. The standard InChI is InChI=1S/C23H25FN6O2/c24-28-20-10-16(22(25)31)3-4-21(20)30-7-5-29(6-8-30)13-14-9-19-18(26-12-14)11-17(15-1-2-15)23(32)27-19/h3-4,9-12,15,28H,1-2,5-8,13H2,(H2,25,31)(H,27,32). The van der Waals surface area contributed by atoms with Gasteiger partial charge in [-0.05, 0) is 54.7 Å². The first-order valence-electron chi connectivity index (χ1n) is 10.8. The molecule has 1 aliphatic carbocycles. The van der Waals surface area contributed by atoms with Crippen molar-refractivity contribution in [2.75, 3.05) is 36.6 Å². The molecule has 1 saturated heterocycles. The van der Waals surface area contributed by atoms with Crippen LogP contribution >= 0.6 is 0 Å². The van der Waals surface area contributed by atoms with Crippen LogP contribution in [0.15, 0.2) is 41.3 Å². The van der Waals surface area contributed by atoms with E-state index < -0.39 is 5.91 Å². The fourth-order valence-corrected chi connectivity index (χ4v) is 4.37. The van der Waals surface area contributed by atoms with Gasteiger partial charge in [0.15, 0.2) is 0 Å². The molecule has 9 heteroatoms. The molecule has 5 rings (SSSR count). The fourth-order valence-electron chi connectivity index (χ4n) is 4.37. The number of carbonyl (C=O) groups is 1. The number of anilines is 2. The van der Waals surface area contributed by atoms with Crippen molar-refractivity contribution in [3.05, 3.63) is 63.6 Å². The number of pyridine rings is 2. The van der Waals surface area contributed by atoms with Gasteiger partial charge in [0.25, 0.3) is 5.56 Å². The number of piperazine rings is 1. The van der Waals surface area contributed by atoms with Gasteiger partial charge in [-0.3, -0.25) is 19.5 Å². The SMILES string of the molecule is NC(=O)c1ccc(N2CCN(Cc3cnc4cc(C5CC5)c(=O)[nH]c4c3)CC2)c(NF)c1. The average Bonchev–Trinajstić information content (AvgIpc) is 3.64. The van der Waals surface area contributed by atoms with Gasteiger partial charge in [-0.15, -0.1) is 4.48 Å². The van der Waals surface area contributed by atoms with Crippen molar-refractivity contribution in [1.82, 2.24) is 14.9 Å². The highest BCUT2D eigenvalue weighted by molar-refractivity contribution is 5.95. The topological polar surface area (TPSA) is 107 Å². The van der Waals surface area contributed by atoms with Crippen LogP contribution < -0.4 is 21.7 Å². The lowest BCUT2D eigenvalue weighted by Crippen LogP contribution is -2.46. The maximum absolute atomic E-state index is 13.3. The van der Waals surface area contributed by atoms with Gasteiger partial charge in [0.05, 0.1) is 22.4 Å². The molecule has 1 aliphatic heterocycles. The number of aromatic amines is 1. The largest absolute Gasteiger partial charge is 0.367 e. The molecule has 166 valence electrons. The molecule has 0 atom stereocenters. The summed E-state index contributed by atoms with van der Waals surface area (Å²) in [6.45, 7) is 3.73. The van der Waals surface area contributed by atoms with E-state index in [1.54, 1.807) is 17.7 Å². The number of hydrogen-bond donors (Lipinski definition) is 3. The van der Waals surface area contributed by atoms with Gasteiger partial charge < -0.3 is 15.6 Å². The Hall–Kier alpha value is -3.46. The molecular formula is C23H25FN6O2. The van der Waals surface area contributed by atoms with Crippen LogP contribution in [-0.4, -0.2) is 47.0 Å². The van der Waals surface area contributed by atoms with Gasteiger partial charge in [-0.1, -0.05) is 0 Å². The lowest BCUT2D eigenvalue weighted by Gasteiger charge is -2.36. The van der Waals surface area contributed by atoms with E-state index in [4.69, 9.17) is 5.73 Å². The number of nitrogens with one attached hydrogen (secondary N) is 2. The summed E-state index contributed by atoms with van der Waals surface area (Å²) in [5.41, 5.74) is 11.6. The molecule has 8 nitrogen and oxygen atoms in total. The second-order valence-corrected chi connectivity index (χ2v) is 8.56. The maximum Gasteiger partial charge on any atom is 0.252 e. The summed E-state index contributed by atoms with van der Waals surface area (Å²) in [6, 6.07) is 8.69. The number of aromatic nitrogens is 2. The Kier molecular flexibility index (Phi) is 5.26. The van der Waals surface area contributed by atoms with Gasteiger partial charge in [0.2, 0.25) is 5.91 Å². The van der Waals surface area contributed by atoms with Gasteiger partial charge in [-0.2, -0.15) is 0 Å². The van der Waals surface area contributed by atoms with Crippen LogP contribution in [-0.2, 0) is 6.54 Å². The second-order valence-electron chi connectivity index (χ2n) is 8.56. The molecule has 4 N–H and O–H groups in total. The Morgan fingerprint density at radius 1 is 1.19 bits per heavy atom. The first-order valence-corrected chi connectivity index (χ1v) is 10.8. The summed E-state index contributed by atoms with van der Waals surface area (Å²) < 4.78 is 13.3. The quantitative estimate of drug-likeness (QED) is 0.513. The maximum atomic E-state index is 13.3. The number of H-pyrrole nitrogens is 1. The van der Waals surface area contributed by atoms with Crippen molar-refractivity contribution in [3.8, 4) is 0 Å². The molecule has 0 radical (unpaired) electrons. The summed E-state index contributed by atoms with van der Waals surface area (Å²) in [4.78, 5) is 35.6. The van der Waals surface area contributed by atoms with Crippen LogP contribution in [0, 0.1) is 0 Å². The van der Waals surface area contributed by atoms with Crippen LogP contribution in [0.25, 0.3) is 11.0 Å². The van der Waals surface area contributed by atoms with E-state index in [2.05, 4.69) is 19.8 Å². The number of hydrogen-bond acceptors (Lipinski definition) is 6. The normalized spacial score (nSPS) is 17.0. The number of nitrogens with two attached hydrogens (primary N) is 1. The zero-order chi connectivity index (χ0) is 22.2. The number of fused-ring (bicyclic) bond motifs is 1. The zero-order valence-electron chi connectivity index (χ0n) is 17.6. The molecule has 0 spiro atoms. The van der Waals surface area contributed by atoms with E-state index in [1.807, 2.05) is 18.3 Å². The van der Waals surface area contributed by atoms with Crippen LogP contribution in [0.5, 0.6) is 0 Å². The third-order valence-electron chi connectivity index (χ3n) is 6.30. The van der Waals surface area contributed by atoms with E-state index in [9.17, 15) is 14.1 Å². The Morgan fingerprint density at radius 2 is 1.97 bits per heavy atom. The van der Waals surface area contributed by atoms with Crippen LogP contribution in [0.2, 0.25) is 0 Å². The predicted molar refractivity (Wildman–Crippen MR) is 122 cm³/mol. The van der Waals surface area contributed by atoms with Gasteiger partial charge in [0, 0.05) is 50.0 Å². The minimum Gasteiger partial charge on any atom is -0.367 e. The van der Waals surface area contributed by atoms with Crippen molar-refractivity contribution in [2.45, 2.75) is 25.3 Å². The van der Waals surface area contributed by atoms with Crippen molar-refractivity contribution in [1.29, 1.82) is 0 Å². The number of primary amides is 1. The Balaban J connectivity index is 1.26. The second kappa shape index (κ2) is 8.23. The van der Waals surface area contributed by atoms with Crippen LogP contribution in [0.4, 0.5) is 15.9 Å². The minimum atomic E-state index is -0.591. The Bertz CT molecular complexity index is 1230. The molecule has 2 aromatic heterocycles. The first kappa shape index (κ1) is 20.4. The third kappa shape index (κ3) is 4.03. The summed E-state index contributed by atoms with van der Waals surface area (Å²) in [5, 5.41) is 0. The summed E-state index contributed by atoms with van der Waals surface area (Å²) in [7, 11) is 0. The summed E-state index contributed by atoms with van der Waals surface area (Å²) in [6.07, 6.45) is 4.03. The molecule has 2 aliphatic rings. The molecular weight excluding hydrogens is 411 g/mol. The number of rotatable bonds is 6. The Labute approximate surface area is 184 Å². The number of benzene rings is 1. The van der Waals surface area contributed by atoms with E-state index in [-0.39, 0.29) is 16.8 Å². The highest BCUT2D eigenvalue weighted by Crippen LogP contribution is 2.38. The highest BCUT2D eigenvalue weighted by atomic mass is 19.2. The van der Waals surface area contributed by atoms with Crippen molar-refractivity contribution < 1.29 is 9.28 Å². The number of nitrogens with zero attached hydrogens (tertiary/aromatic N) is 3. The first-order chi connectivity index (χ1) is 15.5. The number of carbonyl (C=O) groups excluding carboxylic acids is 1. The Morgan fingerprint density at radius 3 is 2.66 bits per heavy atom. The van der Waals surface area contributed by atoms with E-state index in [1.165, 1.54) is 6.07 Å². The summed E-state index contributed by atoms with van der Waals surface area (Å²) in [5.74, 6) is -0.201. The molecule has 1 amide bonds. The lowest BCUT2D eigenvalue weighted by atomic mass is 10.1. The minimum absolute atomic E-state index is 0.00723. The van der Waals surface area contributed by atoms with Gasteiger partial charge in [0.1, 0.15) is 0 Å². The smallest absolute Gasteiger partial charge is 0.252 e. The number of halogens is 1. The molecule has 32 heavy (non-hydrogen) atoms. The van der Waals surface area contributed by atoms with Crippen LogP contribution in [0.1, 0.15) is 40.2 Å². The fraction of sp³-hybridized carbons (Fsp3) is 0.348. The highest BCUT2D eigenvalue weighted by Gasteiger charge is 2.27. The number of amides is 1. The molecule has 1 aromatic carbocycles. The van der Waals surface area contributed by atoms with E-state index in [0.29, 0.717) is 24.7 Å².